The number of rotatable bonds is 3. The van der Waals surface area contributed by atoms with Gasteiger partial charge in [0, 0.05) is 31.7 Å². The lowest BCUT2D eigenvalue weighted by atomic mass is 10.1. The Hall–Kier alpha value is -3.31. The number of aromatic amines is 1. The summed E-state index contributed by atoms with van der Waals surface area (Å²) in [5.74, 6) is 0. The molecule has 2 heterocycles. The minimum Gasteiger partial charge on any atom is -0.295 e. The van der Waals surface area contributed by atoms with Gasteiger partial charge in [-0.1, -0.05) is 24.3 Å². The predicted octanol–water partition coefficient (Wildman–Crippen LogP) is 3.61. The molecule has 8 heteroatoms. The molecule has 1 N–H and O–H groups in total. The number of hydrogen-bond donors (Lipinski definition) is 1. The number of aromatic nitrogens is 2. The summed E-state index contributed by atoms with van der Waals surface area (Å²) in [7, 11) is 0. The molecule has 1 aliphatic heterocycles. The highest BCUT2D eigenvalue weighted by atomic mass is 19.4. The molecule has 148 valence electrons. The SMILES string of the molecule is N#Cc1cccc(-n2[nH]c3c(c2=O)CN(Cc2cccc(C(F)(F)F)c2)CC3)c1. The predicted molar refractivity (Wildman–Crippen MR) is 100 cm³/mol. The van der Waals surface area contributed by atoms with Crippen molar-refractivity contribution in [3.63, 3.8) is 0 Å². The fraction of sp³-hybridized carbons (Fsp3) is 0.238. The molecule has 5 nitrogen and oxygen atoms in total. The summed E-state index contributed by atoms with van der Waals surface area (Å²) in [6.45, 7) is 1.31. The molecule has 0 fully saturated rings. The Balaban J connectivity index is 1.57. The highest BCUT2D eigenvalue weighted by Gasteiger charge is 2.30. The maximum absolute atomic E-state index is 12.9. The molecule has 0 spiro atoms. The quantitative estimate of drug-likeness (QED) is 0.733. The Morgan fingerprint density at radius 3 is 2.69 bits per heavy atom. The average molecular weight is 398 g/mol. The Labute approximate surface area is 164 Å². The molecule has 2 aromatic carbocycles. The van der Waals surface area contributed by atoms with Gasteiger partial charge in [0.05, 0.1) is 28.4 Å². The smallest absolute Gasteiger partial charge is 0.295 e. The molecule has 29 heavy (non-hydrogen) atoms. The summed E-state index contributed by atoms with van der Waals surface area (Å²) in [4.78, 5) is 14.8. The zero-order valence-electron chi connectivity index (χ0n) is 15.3. The minimum atomic E-state index is -4.38. The monoisotopic (exact) mass is 398 g/mol. The first-order valence-electron chi connectivity index (χ1n) is 9.07. The number of nitrogens with one attached hydrogen (secondary N) is 1. The maximum atomic E-state index is 12.9. The topological polar surface area (TPSA) is 64.8 Å². The van der Waals surface area contributed by atoms with E-state index in [9.17, 15) is 18.0 Å². The Bertz CT molecular complexity index is 1150. The first-order valence-corrected chi connectivity index (χ1v) is 9.07. The number of H-pyrrole nitrogens is 1. The average Bonchev–Trinajstić information content (AvgIpc) is 3.04. The highest BCUT2D eigenvalue weighted by Crippen LogP contribution is 2.30. The third kappa shape index (κ3) is 3.82. The van der Waals surface area contributed by atoms with Gasteiger partial charge in [-0.3, -0.25) is 14.8 Å². The molecule has 0 amide bonds. The first kappa shape index (κ1) is 19.0. The number of fused-ring (bicyclic) bond motifs is 1. The highest BCUT2D eigenvalue weighted by molar-refractivity contribution is 5.41. The van der Waals surface area contributed by atoms with Crippen molar-refractivity contribution in [1.29, 1.82) is 5.26 Å². The molecule has 1 aromatic heterocycles. The van der Waals surface area contributed by atoms with Gasteiger partial charge in [0.1, 0.15) is 0 Å². The van der Waals surface area contributed by atoms with E-state index in [1.165, 1.54) is 10.7 Å². The summed E-state index contributed by atoms with van der Waals surface area (Å²) >= 11 is 0. The van der Waals surface area contributed by atoms with E-state index in [0.29, 0.717) is 48.4 Å². The van der Waals surface area contributed by atoms with Crippen LogP contribution in [0.2, 0.25) is 0 Å². The normalized spacial score (nSPS) is 14.4. The molecular weight excluding hydrogens is 381 g/mol. The Morgan fingerprint density at radius 2 is 1.93 bits per heavy atom. The van der Waals surface area contributed by atoms with Gasteiger partial charge in [0.25, 0.3) is 5.56 Å². The number of nitrogens with zero attached hydrogens (tertiary/aromatic N) is 3. The van der Waals surface area contributed by atoms with Crippen molar-refractivity contribution in [2.75, 3.05) is 6.54 Å². The lowest BCUT2D eigenvalue weighted by Crippen LogP contribution is -2.32. The van der Waals surface area contributed by atoms with E-state index in [-0.39, 0.29) is 5.56 Å². The van der Waals surface area contributed by atoms with Crippen molar-refractivity contribution in [3.05, 3.63) is 86.8 Å². The molecule has 4 rings (SSSR count). The van der Waals surface area contributed by atoms with E-state index in [1.54, 1.807) is 30.3 Å². The molecule has 3 aromatic rings. The fourth-order valence-corrected chi connectivity index (χ4v) is 3.60. The van der Waals surface area contributed by atoms with Crippen LogP contribution in [0.1, 0.15) is 27.9 Å². The fourth-order valence-electron chi connectivity index (χ4n) is 3.60. The molecule has 0 bridgehead atoms. The van der Waals surface area contributed by atoms with Gasteiger partial charge in [-0.05, 0) is 29.8 Å². The van der Waals surface area contributed by atoms with Gasteiger partial charge in [-0.2, -0.15) is 18.4 Å². The van der Waals surface area contributed by atoms with E-state index < -0.39 is 11.7 Å². The summed E-state index contributed by atoms with van der Waals surface area (Å²) in [6.07, 6.45) is -3.79. The van der Waals surface area contributed by atoms with Crippen LogP contribution in [0.3, 0.4) is 0 Å². The largest absolute Gasteiger partial charge is 0.416 e. The van der Waals surface area contributed by atoms with Crippen LogP contribution in [0, 0.1) is 11.3 Å². The van der Waals surface area contributed by atoms with Crippen LogP contribution in [0.25, 0.3) is 5.69 Å². The molecule has 0 saturated heterocycles. The van der Waals surface area contributed by atoms with Crippen LogP contribution in [0.15, 0.2) is 53.3 Å². The van der Waals surface area contributed by atoms with Crippen LogP contribution in [-0.2, 0) is 25.7 Å². The molecule has 0 saturated carbocycles. The number of alkyl halides is 3. The van der Waals surface area contributed by atoms with Gasteiger partial charge in [-0.15, -0.1) is 0 Å². The van der Waals surface area contributed by atoms with Crippen molar-refractivity contribution in [2.24, 2.45) is 0 Å². The standard InChI is InChI=1S/C21H17F3N4O/c22-21(23,24)16-5-1-4-15(9-16)12-27-8-7-19-18(13-27)20(29)28(26-19)17-6-2-3-14(10-17)11-25/h1-6,9-10,26H,7-8,12-13H2. The van der Waals surface area contributed by atoms with E-state index >= 15 is 0 Å². The summed E-state index contributed by atoms with van der Waals surface area (Å²) in [6, 6.07) is 14.1. The third-order valence-corrected chi connectivity index (χ3v) is 5.03. The van der Waals surface area contributed by atoms with Crippen molar-refractivity contribution in [3.8, 4) is 11.8 Å². The number of nitriles is 1. The van der Waals surface area contributed by atoms with Crippen LogP contribution in [0.5, 0.6) is 0 Å². The van der Waals surface area contributed by atoms with Crippen molar-refractivity contribution >= 4 is 0 Å². The van der Waals surface area contributed by atoms with Crippen LogP contribution < -0.4 is 5.56 Å². The van der Waals surface area contributed by atoms with Gasteiger partial charge in [0.15, 0.2) is 0 Å². The Kier molecular flexibility index (Phi) is 4.76. The molecule has 0 unspecified atom stereocenters. The van der Waals surface area contributed by atoms with Gasteiger partial charge >= 0.3 is 6.18 Å². The zero-order chi connectivity index (χ0) is 20.6. The third-order valence-electron chi connectivity index (χ3n) is 5.03. The van der Waals surface area contributed by atoms with E-state index in [1.807, 2.05) is 4.90 Å². The van der Waals surface area contributed by atoms with Crippen molar-refractivity contribution in [1.82, 2.24) is 14.7 Å². The van der Waals surface area contributed by atoms with Crippen LogP contribution in [0.4, 0.5) is 13.2 Å². The van der Waals surface area contributed by atoms with Gasteiger partial charge in [-0.25, -0.2) is 4.68 Å². The lowest BCUT2D eigenvalue weighted by molar-refractivity contribution is -0.137. The van der Waals surface area contributed by atoms with Crippen molar-refractivity contribution < 1.29 is 13.2 Å². The van der Waals surface area contributed by atoms with E-state index in [0.717, 1.165) is 17.8 Å². The molecule has 0 atom stereocenters. The van der Waals surface area contributed by atoms with E-state index in [4.69, 9.17) is 5.26 Å². The van der Waals surface area contributed by atoms with Crippen molar-refractivity contribution in [2.45, 2.75) is 25.7 Å². The minimum absolute atomic E-state index is 0.205. The first-order chi connectivity index (χ1) is 13.8. The van der Waals surface area contributed by atoms with Crippen LogP contribution in [-0.4, -0.2) is 21.2 Å². The summed E-state index contributed by atoms with van der Waals surface area (Å²) in [5, 5.41) is 12.2. The maximum Gasteiger partial charge on any atom is 0.416 e. The molecular formula is C21H17F3N4O. The van der Waals surface area contributed by atoms with Gasteiger partial charge in [0.2, 0.25) is 0 Å². The summed E-state index contributed by atoms with van der Waals surface area (Å²) < 4.78 is 40.2. The second-order valence-corrected chi connectivity index (χ2v) is 7.03. The lowest BCUT2D eigenvalue weighted by Gasteiger charge is -2.26. The molecule has 0 aliphatic carbocycles. The molecule has 0 radical (unpaired) electrons. The second kappa shape index (κ2) is 7.26. The number of hydrogen-bond acceptors (Lipinski definition) is 3. The second-order valence-electron chi connectivity index (χ2n) is 7.03. The van der Waals surface area contributed by atoms with Gasteiger partial charge < -0.3 is 0 Å². The zero-order valence-corrected chi connectivity index (χ0v) is 15.3. The Morgan fingerprint density at radius 1 is 1.14 bits per heavy atom. The van der Waals surface area contributed by atoms with E-state index in [2.05, 4.69) is 11.2 Å². The number of benzene rings is 2. The number of halogens is 3. The van der Waals surface area contributed by atoms with Crippen LogP contribution >= 0.6 is 0 Å². The molecule has 1 aliphatic rings. The summed E-state index contributed by atoms with van der Waals surface area (Å²) in [5.41, 5.74) is 2.13.